The van der Waals surface area contributed by atoms with Crippen LogP contribution in [-0.2, 0) is 0 Å². The summed E-state index contributed by atoms with van der Waals surface area (Å²) in [6, 6.07) is 0. The van der Waals surface area contributed by atoms with Crippen LogP contribution in [0, 0.1) is 11.8 Å². The van der Waals surface area contributed by atoms with Crippen LogP contribution in [0.15, 0.2) is 0 Å². The fourth-order valence-electron chi connectivity index (χ4n) is 3.80. The van der Waals surface area contributed by atoms with Crippen molar-refractivity contribution in [1.82, 2.24) is 4.90 Å². The van der Waals surface area contributed by atoms with Gasteiger partial charge in [0.1, 0.15) is 7.85 Å². The van der Waals surface area contributed by atoms with Crippen molar-refractivity contribution in [3.63, 3.8) is 0 Å². The van der Waals surface area contributed by atoms with Gasteiger partial charge >= 0.3 is 0 Å². The summed E-state index contributed by atoms with van der Waals surface area (Å²) in [4.78, 5) is 2.60. The van der Waals surface area contributed by atoms with Crippen molar-refractivity contribution in [1.29, 1.82) is 0 Å². The molecule has 0 aromatic rings. The van der Waals surface area contributed by atoms with Crippen LogP contribution in [0.5, 0.6) is 0 Å². The van der Waals surface area contributed by atoms with Crippen molar-refractivity contribution in [2.75, 3.05) is 13.1 Å². The summed E-state index contributed by atoms with van der Waals surface area (Å²) in [5.74, 6) is 1.58. The smallest absolute Gasteiger partial charge is 0.113 e. The SMILES string of the molecule is B[C@]12CN(C(C)(C)C)C[C@@]1(S)C2C(C)C. The molecule has 1 saturated carbocycles. The van der Waals surface area contributed by atoms with Crippen LogP contribution < -0.4 is 0 Å². The Labute approximate surface area is 101 Å². The second-order valence-electron chi connectivity index (χ2n) is 7.09. The summed E-state index contributed by atoms with van der Waals surface area (Å²) in [6.07, 6.45) is 0. The lowest BCUT2D eigenvalue weighted by Gasteiger charge is -2.36. The van der Waals surface area contributed by atoms with Gasteiger partial charge in [0, 0.05) is 16.8 Å². The highest BCUT2D eigenvalue weighted by molar-refractivity contribution is 7.82. The van der Waals surface area contributed by atoms with Crippen LogP contribution in [0.25, 0.3) is 0 Å². The summed E-state index contributed by atoms with van der Waals surface area (Å²) in [5, 5.41) is 0.456. The van der Waals surface area contributed by atoms with Crippen molar-refractivity contribution in [3.8, 4) is 0 Å². The molecule has 3 heteroatoms. The highest BCUT2D eigenvalue weighted by atomic mass is 32.1. The van der Waals surface area contributed by atoms with Crippen molar-refractivity contribution in [2.24, 2.45) is 11.8 Å². The summed E-state index contributed by atoms with van der Waals surface area (Å²) in [5.41, 5.74) is 0.299. The van der Waals surface area contributed by atoms with Gasteiger partial charge in [0.05, 0.1) is 0 Å². The number of fused-ring (bicyclic) bond motifs is 1. The molecule has 1 aliphatic heterocycles. The molecule has 0 bridgehead atoms. The van der Waals surface area contributed by atoms with E-state index < -0.39 is 0 Å². The van der Waals surface area contributed by atoms with Gasteiger partial charge in [-0.3, -0.25) is 4.90 Å². The summed E-state index contributed by atoms with van der Waals surface area (Å²) < 4.78 is 0.286. The van der Waals surface area contributed by atoms with Crippen molar-refractivity contribution >= 4 is 20.5 Å². The zero-order valence-electron chi connectivity index (χ0n) is 11.0. The number of piperidine rings is 1. The fourth-order valence-corrected chi connectivity index (χ4v) is 4.70. The van der Waals surface area contributed by atoms with Crippen LogP contribution in [0.1, 0.15) is 34.6 Å². The van der Waals surface area contributed by atoms with Crippen LogP contribution in [0.3, 0.4) is 0 Å². The van der Waals surface area contributed by atoms with E-state index in [1.807, 2.05) is 0 Å². The van der Waals surface area contributed by atoms with E-state index in [2.05, 4.69) is 47.4 Å². The molecule has 0 N–H and O–H groups in total. The van der Waals surface area contributed by atoms with E-state index >= 15 is 0 Å². The average Bonchev–Trinajstić information content (AvgIpc) is 2.30. The number of rotatable bonds is 1. The van der Waals surface area contributed by atoms with Gasteiger partial charge in [-0.25, -0.2) is 0 Å². The number of hydrogen-bond acceptors (Lipinski definition) is 2. The van der Waals surface area contributed by atoms with Crippen LogP contribution >= 0.6 is 12.6 Å². The number of hydrogen-bond donors (Lipinski definition) is 1. The Morgan fingerprint density at radius 2 is 1.87 bits per heavy atom. The second kappa shape index (κ2) is 2.98. The van der Waals surface area contributed by atoms with E-state index in [-0.39, 0.29) is 4.75 Å². The Bertz CT molecular complexity index is 268. The molecule has 3 atom stereocenters. The molecule has 1 aliphatic carbocycles. The molecule has 1 saturated heterocycles. The normalized spacial score (nSPS) is 45.9. The fraction of sp³-hybridized carbons (Fsp3) is 1.00. The third-order valence-corrected chi connectivity index (χ3v) is 5.60. The Kier molecular flexibility index (Phi) is 2.35. The van der Waals surface area contributed by atoms with Crippen molar-refractivity contribution < 1.29 is 0 Å². The molecule has 15 heavy (non-hydrogen) atoms. The van der Waals surface area contributed by atoms with Crippen LogP contribution in [0.4, 0.5) is 0 Å². The minimum absolute atomic E-state index is 0.286. The van der Waals surface area contributed by atoms with Gasteiger partial charge in [-0.15, -0.1) is 0 Å². The molecule has 0 radical (unpaired) electrons. The largest absolute Gasteiger partial charge is 0.297 e. The summed E-state index contributed by atoms with van der Waals surface area (Å²) in [7, 11) is 2.43. The molecule has 2 aliphatic rings. The highest BCUT2D eigenvalue weighted by Gasteiger charge is 2.76. The van der Waals surface area contributed by atoms with E-state index in [1.165, 1.54) is 13.1 Å². The van der Waals surface area contributed by atoms with E-state index in [0.717, 1.165) is 11.8 Å². The Hall–Kier alpha value is 0.375. The van der Waals surface area contributed by atoms with Gasteiger partial charge in [-0.2, -0.15) is 12.6 Å². The predicted molar refractivity (Wildman–Crippen MR) is 72.6 cm³/mol. The summed E-state index contributed by atoms with van der Waals surface area (Å²) >= 11 is 4.99. The van der Waals surface area contributed by atoms with E-state index in [9.17, 15) is 0 Å². The molecule has 0 aromatic heterocycles. The predicted octanol–water partition coefficient (Wildman–Crippen LogP) is 1.85. The van der Waals surface area contributed by atoms with E-state index in [4.69, 9.17) is 12.6 Å². The first-order valence-electron chi connectivity index (χ1n) is 6.10. The average molecular weight is 225 g/mol. The Balaban J connectivity index is 2.15. The minimum atomic E-state index is 0.286. The maximum Gasteiger partial charge on any atom is 0.113 e. The third-order valence-electron chi connectivity index (χ3n) is 4.67. The van der Waals surface area contributed by atoms with Crippen molar-refractivity contribution in [2.45, 2.75) is 50.2 Å². The molecule has 2 rings (SSSR count). The first-order valence-corrected chi connectivity index (χ1v) is 6.55. The van der Waals surface area contributed by atoms with Gasteiger partial charge in [0.25, 0.3) is 0 Å². The lowest BCUT2D eigenvalue weighted by Crippen LogP contribution is -2.43. The maximum absolute atomic E-state index is 4.99. The first kappa shape index (κ1) is 11.8. The molecule has 2 fully saturated rings. The molecule has 0 aromatic carbocycles. The maximum atomic E-state index is 4.99. The highest BCUT2D eigenvalue weighted by Crippen LogP contribution is 2.76. The molecule has 1 unspecified atom stereocenters. The van der Waals surface area contributed by atoms with Crippen LogP contribution in [-0.4, -0.2) is 36.1 Å². The minimum Gasteiger partial charge on any atom is -0.297 e. The zero-order chi connectivity index (χ0) is 11.6. The summed E-state index contributed by atoms with van der Waals surface area (Å²) in [6.45, 7) is 14.0. The first-order chi connectivity index (χ1) is 6.63. The van der Waals surface area contributed by atoms with E-state index in [1.54, 1.807) is 0 Å². The number of likely N-dealkylation sites (tertiary alicyclic amines) is 1. The molecule has 1 nitrogen and oxygen atoms in total. The molecule has 1 heterocycles. The third kappa shape index (κ3) is 1.42. The van der Waals surface area contributed by atoms with Crippen molar-refractivity contribution in [3.05, 3.63) is 0 Å². The molecular weight excluding hydrogens is 201 g/mol. The molecule has 86 valence electrons. The molecule has 0 spiro atoms. The Morgan fingerprint density at radius 1 is 1.33 bits per heavy atom. The topological polar surface area (TPSA) is 3.24 Å². The monoisotopic (exact) mass is 225 g/mol. The van der Waals surface area contributed by atoms with E-state index in [0.29, 0.717) is 10.9 Å². The lowest BCUT2D eigenvalue weighted by molar-refractivity contribution is 0.146. The number of nitrogens with zero attached hydrogens (tertiary/aromatic N) is 1. The van der Waals surface area contributed by atoms with Gasteiger partial charge in [-0.1, -0.05) is 13.8 Å². The zero-order valence-corrected chi connectivity index (χ0v) is 11.9. The lowest BCUT2D eigenvalue weighted by atomic mass is 9.78. The van der Waals surface area contributed by atoms with Gasteiger partial charge in [0.15, 0.2) is 0 Å². The van der Waals surface area contributed by atoms with Gasteiger partial charge < -0.3 is 0 Å². The Morgan fingerprint density at radius 3 is 2.13 bits per heavy atom. The molecular formula is C12H24BNS. The number of thiol groups is 1. The quantitative estimate of drug-likeness (QED) is 0.526. The second-order valence-corrected chi connectivity index (χ2v) is 7.89. The standard InChI is InChI=1S/C12H24BNS/c1-8(2)9-11(13)6-14(10(3,4)5)7-12(9,11)15/h8-9,15H,6-7,13H2,1-5H3/t9?,11-,12+/m0/s1. The van der Waals surface area contributed by atoms with Gasteiger partial charge in [-0.05, 0) is 44.5 Å². The van der Waals surface area contributed by atoms with Crippen LogP contribution in [0.2, 0.25) is 5.31 Å². The molecule has 0 amide bonds. The van der Waals surface area contributed by atoms with Gasteiger partial charge in [0.2, 0.25) is 0 Å².